The number of thiazole rings is 1. The minimum absolute atomic E-state index is 0.0154. The van der Waals surface area contributed by atoms with Crippen LogP contribution >= 0.6 is 11.3 Å². The molecule has 1 aromatic heterocycles. The number of likely N-dealkylation sites (tertiary alicyclic amines) is 1. The summed E-state index contributed by atoms with van der Waals surface area (Å²) in [6, 6.07) is 6.06. The van der Waals surface area contributed by atoms with Gasteiger partial charge in [-0.2, -0.15) is 0 Å². The van der Waals surface area contributed by atoms with Gasteiger partial charge in [0, 0.05) is 30.2 Å². The number of carbonyl (C=O) groups excluding carboxylic acids is 2. The molecule has 2 amide bonds. The van der Waals surface area contributed by atoms with Crippen LogP contribution < -0.4 is 10.6 Å². The SMILES string of the molecule is CC(C)NC(=O)C1(Nc2cccc(F)c2)CCN(C(=O)c2cscn2)CC1. The number of amides is 2. The quantitative estimate of drug-likeness (QED) is 0.823. The Morgan fingerprint density at radius 2 is 2.04 bits per heavy atom. The third-order valence-electron chi connectivity index (χ3n) is 4.62. The van der Waals surface area contributed by atoms with Crippen molar-refractivity contribution in [2.45, 2.75) is 38.3 Å². The van der Waals surface area contributed by atoms with E-state index in [1.807, 2.05) is 13.8 Å². The molecule has 3 rings (SSSR count). The molecule has 0 spiro atoms. The van der Waals surface area contributed by atoms with Crippen LogP contribution in [0.4, 0.5) is 10.1 Å². The first-order valence-electron chi connectivity index (χ1n) is 8.92. The van der Waals surface area contributed by atoms with E-state index in [2.05, 4.69) is 15.6 Å². The van der Waals surface area contributed by atoms with E-state index in [1.54, 1.807) is 27.9 Å². The van der Waals surface area contributed by atoms with Crippen LogP contribution in [0.2, 0.25) is 0 Å². The van der Waals surface area contributed by atoms with Gasteiger partial charge < -0.3 is 15.5 Å². The maximum Gasteiger partial charge on any atom is 0.273 e. The van der Waals surface area contributed by atoms with Gasteiger partial charge in [-0.15, -0.1) is 11.3 Å². The summed E-state index contributed by atoms with van der Waals surface area (Å²) in [6.45, 7) is 4.64. The van der Waals surface area contributed by atoms with Gasteiger partial charge in [-0.05, 0) is 44.9 Å². The molecule has 1 saturated heterocycles. The molecule has 0 atom stereocenters. The second kappa shape index (κ2) is 8.04. The molecule has 0 bridgehead atoms. The Labute approximate surface area is 161 Å². The molecule has 2 N–H and O–H groups in total. The van der Waals surface area contributed by atoms with Gasteiger partial charge in [0.25, 0.3) is 5.91 Å². The highest BCUT2D eigenvalue weighted by Crippen LogP contribution is 2.29. The summed E-state index contributed by atoms with van der Waals surface area (Å²) in [4.78, 5) is 31.2. The van der Waals surface area contributed by atoms with Gasteiger partial charge in [-0.3, -0.25) is 9.59 Å². The molecule has 0 saturated carbocycles. The molecular weight excluding hydrogens is 367 g/mol. The summed E-state index contributed by atoms with van der Waals surface area (Å²) in [5, 5.41) is 7.90. The number of piperidine rings is 1. The Balaban J connectivity index is 1.78. The van der Waals surface area contributed by atoms with Crippen molar-refractivity contribution in [1.29, 1.82) is 0 Å². The average molecular weight is 390 g/mol. The Morgan fingerprint density at radius 3 is 2.63 bits per heavy atom. The molecule has 1 aliphatic heterocycles. The number of nitrogens with zero attached hydrogens (tertiary/aromatic N) is 2. The van der Waals surface area contributed by atoms with Crippen LogP contribution in [0.15, 0.2) is 35.2 Å². The second-order valence-electron chi connectivity index (χ2n) is 7.01. The Hall–Kier alpha value is -2.48. The van der Waals surface area contributed by atoms with Crippen LogP contribution in [-0.2, 0) is 4.79 Å². The summed E-state index contributed by atoms with van der Waals surface area (Å²) in [6.07, 6.45) is 0.857. The average Bonchev–Trinajstić information content (AvgIpc) is 3.16. The molecule has 2 heterocycles. The molecule has 144 valence electrons. The molecule has 1 fully saturated rings. The lowest BCUT2D eigenvalue weighted by Gasteiger charge is -2.42. The highest BCUT2D eigenvalue weighted by molar-refractivity contribution is 7.07. The van der Waals surface area contributed by atoms with Gasteiger partial charge in [-0.1, -0.05) is 6.07 Å². The zero-order valence-corrected chi connectivity index (χ0v) is 16.2. The lowest BCUT2D eigenvalue weighted by Crippen LogP contribution is -2.60. The van der Waals surface area contributed by atoms with Gasteiger partial charge in [-0.25, -0.2) is 9.37 Å². The molecule has 0 unspecified atom stereocenters. The lowest BCUT2D eigenvalue weighted by molar-refractivity contribution is -0.127. The van der Waals surface area contributed by atoms with Gasteiger partial charge >= 0.3 is 0 Å². The van der Waals surface area contributed by atoms with E-state index in [0.29, 0.717) is 37.3 Å². The maximum atomic E-state index is 13.6. The summed E-state index contributed by atoms with van der Waals surface area (Å²) in [5.41, 5.74) is 1.71. The molecule has 2 aromatic rings. The molecular formula is C19H23FN4O2S. The first-order valence-corrected chi connectivity index (χ1v) is 9.86. The molecule has 27 heavy (non-hydrogen) atoms. The van der Waals surface area contributed by atoms with Crippen LogP contribution in [-0.4, -0.2) is 46.4 Å². The lowest BCUT2D eigenvalue weighted by atomic mass is 9.85. The van der Waals surface area contributed by atoms with E-state index in [4.69, 9.17) is 0 Å². The van der Waals surface area contributed by atoms with E-state index in [-0.39, 0.29) is 23.7 Å². The molecule has 8 heteroatoms. The van der Waals surface area contributed by atoms with Crippen LogP contribution in [0.1, 0.15) is 37.2 Å². The van der Waals surface area contributed by atoms with Crippen molar-refractivity contribution >= 4 is 28.8 Å². The van der Waals surface area contributed by atoms with Gasteiger partial charge in [0.2, 0.25) is 5.91 Å². The number of carbonyl (C=O) groups is 2. The number of anilines is 1. The van der Waals surface area contributed by atoms with Crippen molar-refractivity contribution in [3.05, 3.63) is 46.7 Å². The van der Waals surface area contributed by atoms with Crippen LogP contribution in [0.3, 0.4) is 0 Å². The van der Waals surface area contributed by atoms with E-state index in [1.165, 1.54) is 23.5 Å². The Morgan fingerprint density at radius 1 is 1.30 bits per heavy atom. The van der Waals surface area contributed by atoms with Crippen molar-refractivity contribution in [3.8, 4) is 0 Å². The number of halogens is 1. The number of rotatable bonds is 5. The van der Waals surface area contributed by atoms with Crippen LogP contribution in [0.25, 0.3) is 0 Å². The predicted octanol–water partition coefficient (Wildman–Crippen LogP) is 2.89. The molecule has 1 aliphatic rings. The molecule has 0 radical (unpaired) electrons. The Bertz CT molecular complexity index is 802. The van der Waals surface area contributed by atoms with Gasteiger partial charge in [0.05, 0.1) is 5.51 Å². The third-order valence-corrected chi connectivity index (χ3v) is 5.20. The fraction of sp³-hybridized carbons (Fsp3) is 0.421. The van der Waals surface area contributed by atoms with Crippen molar-refractivity contribution in [2.24, 2.45) is 0 Å². The summed E-state index contributed by atoms with van der Waals surface area (Å²) in [7, 11) is 0. The van der Waals surface area contributed by atoms with Crippen LogP contribution in [0, 0.1) is 5.82 Å². The topological polar surface area (TPSA) is 74.3 Å². The number of aromatic nitrogens is 1. The van der Waals surface area contributed by atoms with Crippen molar-refractivity contribution in [1.82, 2.24) is 15.2 Å². The van der Waals surface area contributed by atoms with E-state index in [9.17, 15) is 14.0 Å². The number of nitrogens with one attached hydrogen (secondary N) is 2. The van der Waals surface area contributed by atoms with E-state index >= 15 is 0 Å². The monoisotopic (exact) mass is 390 g/mol. The summed E-state index contributed by atoms with van der Waals surface area (Å²) < 4.78 is 13.6. The minimum Gasteiger partial charge on any atom is -0.371 e. The van der Waals surface area contributed by atoms with Crippen molar-refractivity contribution in [2.75, 3.05) is 18.4 Å². The van der Waals surface area contributed by atoms with Crippen molar-refractivity contribution < 1.29 is 14.0 Å². The zero-order valence-electron chi connectivity index (χ0n) is 15.4. The smallest absolute Gasteiger partial charge is 0.273 e. The van der Waals surface area contributed by atoms with E-state index < -0.39 is 5.54 Å². The highest BCUT2D eigenvalue weighted by Gasteiger charge is 2.42. The summed E-state index contributed by atoms with van der Waals surface area (Å²) >= 11 is 1.38. The molecule has 1 aromatic carbocycles. The summed E-state index contributed by atoms with van der Waals surface area (Å²) in [5.74, 6) is -0.627. The van der Waals surface area contributed by atoms with Gasteiger partial charge in [0.1, 0.15) is 17.1 Å². The molecule has 6 nitrogen and oxygen atoms in total. The highest BCUT2D eigenvalue weighted by atomic mass is 32.1. The third kappa shape index (κ3) is 4.44. The maximum absolute atomic E-state index is 13.6. The van der Waals surface area contributed by atoms with E-state index in [0.717, 1.165) is 0 Å². The fourth-order valence-electron chi connectivity index (χ4n) is 3.22. The zero-order chi connectivity index (χ0) is 19.4. The standard InChI is InChI=1S/C19H23FN4O2S/c1-13(2)22-18(26)19(23-15-5-3-4-14(20)10-15)6-8-24(9-7-19)17(25)16-11-27-12-21-16/h3-5,10-13,23H,6-9H2,1-2H3,(H,22,26). The number of benzene rings is 1. The largest absolute Gasteiger partial charge is 0.371 e. The molecule has 0 aliphatic carbocycles. The van der Waals surface area contributed by atoms with Crippen LogP contribution in [0.5, 0.6) is 0 Å². The number of hydrogen-bond acceptors (Lipinski definition) is 5. The first-order chi connectivity index (χ1) is 12.9. The predicted molar refractivity (Wildman–Crippen MR) is 103 cm³/mol. The second-order valence-corrected chi connectivity index (χ2v) is 7.73. The normalized spacial score (nSPS) is 16.2. The van der Waals surface area contributed by atoms with Gasteiger partial charge in [0.15, 0.2) is 0 Å². The Kier molecular flexibility index (Phi) is 5.74. The minimum atomic E-state index is -0.892. The van der Waals surface area contributed by atoms with Crippen molar-refractivity contribution in [3.63, 3.8) is 0 Å². The first kappa shape index (κ1) is 19.3. The number of hydrogen-bond donors (Lipinski definition) is 2. The fourth-order valence-corrected chi connectivity index (χ4v) is 3.75.